The Morgan fingerprint density at radius 3 is 2.40 bits per heavy atom. The van der Waals surface area contributed by atoms with E-state index >= 15 is 0 Å². The van der Waals surface area contributed by atoms with Gasteiger partial charge < -0.3 is 10.0 Å². The molecular formula is C41H47N2O8S2+. The largest absolute Gasteiger partial charge is 0.481 e. The monoisotopic (exact) mass is 759 g/mol. The van der Waals surface area contributed by atoms with Crippen molar-refractivity contribution in [3.05, 3.63) is 126 Å². The maximum atomic E-state index is 11.5. The molecule has 2 heterocycles. The Kier molecular flexibility index (Phi) is 12.6. The van der Waals surface area contributed by atoms with Crippen molar-refractivity contribution < 1.29 is 42.1 Å². The number of carboxylic acids is 1. The molecule has 0 radical (unpaired) electrons. The highest BCUT2D eigenvalue weighted by Crippen LogP contribution is 2.49. The number of allylic oxidation sites excluding steroid dienone is 8. The zero-order chi connectivity index (χ0) is 38.4. The second kappa shape index (κ2) is 16.8. The van der Waals surface area contributed by atoms with Crippen molar-refractivity contribution in [2.24, 2.45) is 0 Å². The Balaban J connectivity index is 1.41. The number of fused-ring (bicyclic) bond motifs is 2. The molecule has 10 nitrogen and oxygen atoms in total. The highest BCUT2D eigenvalue weighted by Gasteiger charge is 2.44. The number of aliphatic carboxylic acids is 1. The summed E-state index contributed by atoms with van der Waals surface area (Å²) in [6.45, 7) is 11.5. The highest BCUT2D eigenvalue weighted by molar-refractivity contribution is 7.94. The zero-order valence-electron chi connectivity index (χ0n) is 30.7. The minimum absolute atomic E-state index is 0.0254. The molecule has 3 aromatic carbocycles. The molecule has 0 bridgehead atoms. The third-order valence-electron chi connectivity index (χ3n) is 9.83. The molecule has 12 heteroatoms. The van der Waals surface area contributed by atoms with E-state index in [1.165, 1.54) is 5.56 Å². The van der Waals surface area contributed by atoms with Crippen LogP contribution in [0.2, 0.25) is 0 Å². The van der Waals surface area contributed by atoms with Crippen LogP contribution in [0, 0.1) is 0 Å². The average molecular weight is 760 g/mol. The van der Waals surface area contributed by atoms with Crippen molar-refractivity contribution >= 4 is 45.2 Å². The smallest absolute Gasteiger partial charge is 0.309 e. The first-order valence-electron chi connectivity index (χ1n) is 17.5. The molecule has 0 amide bonds. The Morgan fingerprint density at radius 1 is 0.943 bits per heavy atom. The van der Waals surface area contributed by atoms with Crippen molar-refractivity contribution in [2.45, 2.75) is 69.6 Å². The van der Waals surface area contributed by atoms with Gasteiger partial charge in [0, 0.05) is 45.9 Å². The first-order valence-corrected chi connectivity index (χ1v) is 19.8. The van der Waals surface area contributed by atoms with Crippen LogP contribution in [0.5, 0.6) is 0 Å². The van der Waals surface area contributed by atoms with Crippen LogP contribution in [-0.4, -0.2) is 58.4 Å². The molecule has 0 saturated heterocycles. The molecule has 0 spiro atoms. The molecule has 0 aliphatic carbocycles. The van der Waals surface area contributed by atoms with E-state index in [2.05, 4.69) is 78.4 Å². The van der Waals surface area contributed by atoms with Crippen LogP contribution in [0.1, 0.15) is 65.0 Å². The standard InChI is InChI=1S/C41H46N2O8S2/c1-29(14-12-18-38-41(4,5)34-28-32(52-51-50-46)20-22-35(34)43(38)25-23-39(44)45)13-11-17-37-40(2,3)33-21-19-31(30-15-7-6-8-16-30)27-36(33)42(37)24-9-10-26-53(47,48)49/h6-8,11-22,27-28H,9-10,23-26H2,1-5H3,(H2-,44,45,46,47,48,49)/p+1. The van der Waals surface area contributed by atoms with Crippen molar-refractivity contribution in [2.75, 3.05) is 23.7 Å². The summed E-state index contributed by atoms with van der Waals surface area (Å²) in [5.74, 6) is -1.15. The number of hydrogen-bond donors (Lipinski definition) is 3. The van der Waals surface area contributed by atoms with Crippen LogP contribution in [-0.2, 0) is 35.1 Å². The minimum Gasteiger partial charge on any atom is -0.481 e. The quantitative estimate of drug-likeness (QED) is 0.0247. The lowest BCUT2D eigenvalue weighted by Crippen LogP contribution is -2.28. The van der Waals surface area contributed by atoms with E-state index in [-0.39, 0.29) is 17.6 Å². The van der Waals surface area contributed by atoms with Crippen LogP contribution < -0.4 is 4.90 Å². The molecular weight excluding hydrogens is 713 g/mol. The topological polar surface area (TPSA) is 137 Å². The Hall–Kier alpha value is -4.30. The van der Waals surface area contributed by atoms with E-state index in [0.29, 0.717) is 25.9 Å². The first kappa shape index (κ1) is 39.9. The average Bonchev–Trinajstić information content (AvgIpc) is 3.45. The van der Waals surface area contributed by atoms with Gasteiger partial charge in [-0.05, 0) is 74.6 Å². The second-order valence-corrected chi connectivity index (χ2v) is 16.6. The van der Waals surface area contributed by atoms with Crippen molar-refractivity contribution in [3.63, 3.8) is 0 Å². The Morgan fingerprint density at radius 2 is 1.70 bits per heavy atom. The number of hydrogen-bond acceptors (Lipinski definition) is 8. The van der Waals surface area contributed by atoms with E-state index in [4.69, 9.17) is 5.26 Å². The summed E-state index contributed by atoms with van der Waals surface area (Å²) in [4.78, 5) is 14.5. The van der Waals surface area contributed by atoms with Gasteiger partial charge in [-0.1, -0.05) is 91.2 Å². The molecule has 0 saturated carbocycles. The van der Waals surface area contributed by atoms with E-state index in [9.17, 15) is 22.9 Å². The molecule has 53 heavy (non-hydrogen) atoms. The molecule has 2 aliphatic heterocycles. The summed E-state index contributed by atoms with van der Waals surface area (Å²) in [6.07, 6.45) is 13.1. The summed E-state index contributed by atoms with van der Waals surface area (Å²) in [7, 11) is -4.03. The van der Waals surface area contributed by atoms with E-state index in [0.717, 1.165) is 62.0 Å². The van der Waals surface area contributed by atoms with Gasteiger partial charge in [0.1, 0.15) is 6.42 Å². The summed E-state index contributed by atoms with van der Waals surface area (Å²) in [5.41, 5.74) is 8.69. The predicted molar refractivity (Wildman–Crippen MR) is 210 cm³/mol. The number of anilines is 1. The molecule has 3 aromatic rings. The molecule has 5 rings (SSSR count). The van der Waals surface area contributed by atoms with Crippen molar-refractivity contribution in [1.82, 2.24) is 0 Å². The van der Waals surface area contributed by atoms with Crippen LogP contribution in [0.4, 0.5) is 11.4 Å². The van der Waals surface area contributed by atoms with Crippen LogP contribution in [0.3, 0.4) is 0 Å². The zero-order valence-corrected chi connectivity index (χ0v) is 32.3. The van der Waals surface area contributed by atoms with Crippen molar-refractivity contribution in [1.29, 1.82) is 0 Å². The fourth-order valence-corrected chi connectivity index (χ4v) is 8.11. The lowest BCUT2D eigenvalue weighted by atomic mass is 9.81. The first-order chi connectivity index (χ1) is 25.1. The van der Waals surface area contributed by atoms with Gasteiger partial charge in [0.2, 0.25) is 5.69 Å². The summed E-state index contributed by atoms with van der Waals surface area (Å²) in [6, 6.07) is 22.4. The van der Waals surface area contributed by atoms with Gasteiger partial charge in [0.05, 0.1) is 23.2 Å². The SMILES string of the molecule is CC(/C=C/C=C1/N(CCCCS(=O)(=O)O)c2cc(-c3ccccc3)ccc2C1(C)C)=C\C=C\C1=[N+](CCC(=O)O)c2ccc(SOOO)cc2C1(C)C. The fraction of sp³-hybridized carbons (Fsp3) is 0.317. The lowest BCUT2D eigenvalue weighted by Gasteiger charge is -2.27. The van der Waals surface area contributed by atoms with Gasteiger partial charge >= 0.3 is 5.97 Å². The summed E-state index contributed by atoms with van der Waals surface area (Å²) >= 11 is 0.880. The molecule has 0 unspecified atom stereocenters. The molecule has 0 atom stereocenters. The lowest BCUT2D eigenvalue weighted by molar-refractivity contribution is -0.436. The van der Waals surface area contributed by atoms with Gasteiger partial charge in [0.25, 0.3) is 10.1 Å². The molecule has 3 N–H and O–H groups in total. The Labute approximate surface area is 316 Å². The summed E-state index contributed by atoms with van der Waals surface area (Å²) in [5, 5.41) is 21.8. The van der Waals surface area contributed by atoms with Gasteiger partial charge in [-0.15, -0.1) is 4.33 Å². The van der Waals surface area contributed by atoms with E-state index < -0.39 is 21.5 Å². The molecule has 280 valence electrons. The van der Waals surface area contributed by atoms with Crippen LogP contribution in [0.25, 0.3) is 11.1 Å². The third kappa shape index (κ3) is 9.45. The van der Waals surface area contributed by atoms with Crippen molar-refractivity contribution in [3.8, 4) is 11.1 Å². The molecule has 0 fully saturated rings. The van der Waals surface area contributed by atoms with Gasteiger partial charge in [0.15, 0.2) is 12.3 Å². The van der Waals surface area contributed by atoms with Crippen LogP contribution >= 0.6 is 12.0 Å². The number of nitrogens with zero attached hydrogens (tertiary/aromatic N) is 2. The summed E-state index contributed by atoms with van der Waals surface area (Å²) < 4.78 is 38.8. The van der Waals surface area contributed by atoms with Gasteiger partial charge in [-0.25, -0.2) is 5.26 Å². The normalized spacial score (nSPS) is 17.4. The van der Waals surface area contributed by atoms with Gasteiger partial charge in [-0.2, -0.15) is 13.0 Å². The van der Waals surface area contributed by atoms with E-state index in [1.807, 2.05) is 78.3 Å². The maximum absolute atomic E-state index is 11.5. The number of rotatable bonds is 16. The Bertz CT molecular complexity index is 2100. The van der Waals surface area contributed by atoms with Gasteiger partial charge in [-0.3, -0.25) is 9.35 Å². The highest BCUT2D eigenvalue weighted by atomic mass is 32.2. The third-order valence-corrected chi connectivity index (χ3v) is 11.2. The predicted octanol–water partition coefficient (Wildman–Crippen LogP) is 9.04. The second-order valence-electron chi connectivity index (χ2n) is 14.3. The minimum atomic E-state index is -4.03. The number of unbranched alkanes of at least 4 members (excludes halogenated alkanes) is 1. The number of carbonyl (C=O) groups is 1. The van der Waals surface area contributed by atoms with Crippen LogP contribution in [0.15, 0.2) is 119 Å². The number of benzene rings is 3. The number of carboxylic acid groups (broad SMARTS) is 1. The molecule has 0 aromatic heterocycles. The van der Waals surface area contributed by atoms with E-state index in [1.54, 1.807) is 0 Å². The fourth-order valence-electron chi connectivity index (χ4n) is 7.14. The maximum Gasteiger partial charge on any atom is 0.309 e. The molecule has 2 aliphatic rings.